The summed E-state index contributed by atoms with van der Waals surface area (Å²) in [7, 11) is 0. The Morgan fingerprint density at radius 1 is 1.09 bits per heavy atom. The Labute approximate surface area is 220 Å². The monoisotopic (exact) mass is 494 g/mol. The number of carbonyl (C=O) groups excluding carboxylic acids is 1. The third-order valence-electron chi connectivity index (χ3n) is 4.06. The molecule has 1 aliphatic heterocycles. The van der Waals surface area contributed by atoms with Gasteiger partial charge in [0.25, 0.3) is 10.4 Å². The fourth-order valence-electron chi connectivity index (χ4n) is 2.19. The Bertz CT molecular complexity index is 781. The van der Waals surface area contributed by atoms with Gasteiger partial charge in [0.05, 0.1) is 24.3 Å². The van der Waals surface area contributed by atoms with E-state index in [1.807, 2.05) is 0 Å². The molecule has 1 saturated heterocycles. The Balaban J connectivity index is 0.000000484. The molecule has 12 heteroatoms. The molecule has 3 aliphatic rings. The number of hydrogen-bond donors (Lipinski definition) is 1. The maximum Gasteiger partial charge on any atom is 1.00 e. The Hall–Kier alpha value is -0.620. The first-order chi connectivity index (χ1) is 14.7. The number of thiazole rings is 2. The van der Waals surface area contributed by atoms with Crippen molar-refractivity contribution in [1.29, 1.82) is 0 Å². The van der Waals surface area contributed by atoms with Crippen molar-refractivity contribution in [3.05, 3.63) is 22.1 Å². The fourth-order valence-corrected chi connectivity index (χ4v) is 3.60. The quantitative estimate of drug-likeness (QED) is 0.416. The largest absolute Gasteiger partial charge is 1.00 e. The molecule has 0 amide bonds. The van der Waals surface area contributed by atoms with Gasteiger partial charge in [-0.05, 0) is 45.4 Å². The van der Waals surface area contributed by atoms with Gasteiger partial charge in [0.2, 0.25) is 0 Å². The van der Waals surface area contributed by atoms with Gasteiger partial charge in [-0.3, -0.25) is 0 Å². The van der Waals surface area contributed by atoms with Crippen LogP contribution in [-0.2, 0) is 16.1 Å². The van der Waals surface area contributed by atoms with Crippen LogP contribution in [0.5, 0.6) is 10.4 Å². The van der Waals surface area contributed by atoms with Crippen molar-refractivity contribution < 1.29 is 49.1 Å². The van der Waals surface area contributed by atoms with Crippen LogP contribution < -0.4 is 28.3 Å². The number of ether oxygens (including phenoxy) is 4. The number of rotatable bonds is 7. The number of hydrogen-bond acceptors (Lipinski definition) is 10. The standard InChI is InChI=1S/C9H11NO3S.C7H9NO2S.C4H8O.Al.Li.4H/c1-2-12-8(11)7-5-10-9(14-7)13-6-3-4-6;9-4-6-3-8-7(11-6)10-5-1-2-5;1-2-4-5-3-1;;;;;;/h5-6H,2-4H2,1H3;3,5,9H,1-2,4H2;1-4H2;;;;;;/q;;;;+1;;;;-1. The molecule has 0 spiro atoms. The predicted molar refractivity (Wildman–Crippen MR) is 125 cm³/mol. The van der Waals surface area contributed by atoms with E-state index < -0.39 is 0 Å². The van der Waals surface area contributed by atoms with Gasteiger partial charge in [0.1, 0.15) is 17.1 Å². The van der Waals surface area contributed by atoms with Gasteiger partial charge in [-0.25, -0.2) is 14.8 Å². The molecule has 174 valence electrons. The van der Waals surface area contributed by atoms with E-state index in [-0.39, 0.29) is 50.2 Å². The molecule has 0 radical (unpaired) electrons. The minimum absolute atomic E-state index is 0. The van der Waals surface area contributed by atoms with E-state index in [1.54, 1.807) is 13.1 Å². The molecule has 8 nitrogen and oxygen atoms in total. The second-order valence-corrected chi connectivity index (χ2v) is 8.99. The Kier molecular flexibility index (Phi) is 14.8. The van der Waals surface area contributed by atoms with E-state index in [2.05, 4.69) is 9.97 Å². The Morgan fingerprint density at radius 3 is 2.09 bits per heavy atom. The van der Waals surface area contributed by atoms with E-state index in [4.69, 9.17) is 24.1 Å². The summed E-state index contributed by atoms with van der Waals surface area (Å²) in [6.45, 7) is 4.22. The maximum atomic E-state index is 11.3. The summed E-state index contributed by atoms with van der Waals surface area (Å²) in [6, 6.07) is 0. The van der Waals surface area contributed by atoms with Crippen molar-refractivity contribution in [2.45, 2.75) is 64.3 Å². The molecule has 0 unspecified atom stereocenters. The van der Waals surface area contributed by atoms with Crippen molar-refractivity contribution in [3.63, 3.8) is 0 Å². The number of carbonyl (C=O) groups is 1. The molecule has 32 heavy (non-hydrogen) atoms. The molecule has 2 saturated carbocycles. The maximum absolute atomic E-state index is 11.3. The normalized spacial score (nSPS) is 16.2. The first kappa shape index (κ1) is 29.4. The molecule has 2 aromatic heterocycles. The first-order valence-electron chi connectivity index (χ1n) is 10.3. The number of aromatic nitrogens is 2. The summed E-state index contributed by atoms with van der Waals surface area (Å²) in [6.07, 6.45) is 10.9. The third-order valence-corrected chi connectivity index (χ3v) is 5.80. The zero-order chi connectivity index (χ0) is 21.2. The Morgan fingerprint density at radius 2 is 1.66 bits per heavy atom. The molecular weight excluding hydrogens is 462 g/mol. The van der Waals surface area contributed by atoms with Crippen LogP contribution in [0.1, 0.15) is 61.4 Å². The minimum Gasteiger partial charge on any atom is -1.00 e. The average Bonchev–Trinajstić information content (AvgIpc) is 3.51. The van der Waals surface area contributed by atoms with Crippen LogP contribution in [0.4, 0.5) is 0 Å². The number of esters is 1. The van der Waals surface area contributed by atoms with Gasteiger partial charge < -0.3 is 25.5 Å². The van der Waals surface area contributed by atoms with Gasteiger partial charge in [-0.2, -0.15) is 0 Å². The molecule has 2 aromatic rings. The van der Waals surface area contributed by atoms with E-state index in [1.165, 1.54) is 41.7 Å². The van der Waals surface area contributed by atoms with Crippen LogP contribution >= 0.6 is 22.7 Å². The number of nitrogens with zero attached hydrogens (tertiary/aromatic N) is 2. The molecular formula is C20H32AlLiN2O6S2. The first-order valence-corrected chi connectivity index (χ1v) is 11.9. The van der Waals surface area contributed by atoms with Gasteiger partial charge in [-0.15, -0.1) is 0 Å². The van der Waals surface area contributed by atoms with Crippen LogP contribution in [0.25, 0.3) is 0 Å². The summed E-state index contributed by atoms with van der Waals surface area (Å²) in [5, 5.41) is 9.97. The van der Waals surface area contributed by atoms with E-state index in [0.29, 0.717) is 34.1 Å². The van der Waals surface area contributed by atoms with Gasteiger partial charge >= 0.3 is 24.8 Å². The van der Waals surface area contributed by atoms with Crippen LogP contribution in [0, 0.1) is 0 Å². The molecule has 0 atom stereocenters. The molecule has 0 aromatic carbocycles. The summed E-state index contributed by atoms with van der Waals surface area (Å²) >= 11 is 2.66. The molecule has 0 bridgehead atoms. The molecule has 2 aliphatic carbocycles. The molecule has 5 rings (SSSR count). The summed E-state index contributed by atoms with van der Waals surface area (Å²) < 4.78 is 20.6. The SMILES string of the molecule is C1CCOC1.CCOC(=O)c1cnc(OC2CC2)s1.OCc1cnc(OC2CC2)s1.[AlH3].[H-].[Li+]. The zero-order valence-corrected chi connectivity index (χ0v) is 19.7. The van der Waals surface area contributed by atoms with Gasteiger partial charge in [0.15, 0.2) is 17.4 Å². The molecule has 1 N–H and O–H groups in total. The van der Waals surface area contributed by atoms with Crippen LogP contribution in [-0.4, -0.2) is 70.4 Å². The summed E-state index contributed by atoms with van der Waals surface area (Å²) in [4.78, 5) is 20.6. The van der Waals surface area contributed by atoms with Gasteiger partial charge in [-0.1, -0.05) is 22.7 Å². The van der Waals surface area contributed by atoms with Crippen molar-refractivity contribution >= 4 is 46.0 Å². The second kappa shape index (κ2) is 16.1. The van der Waals surface area contributed by atoms with Gasteiger partial charge in [0, 0.05) is 19.4 Å². The zero-order valence-electron chi connectivity index (χ0n) is 19.1. The van der Waals surface area contributed by atoms with E-state index in [0.717, 1.165) is 43.8 Å². The number of aliphatic hydroxyl groups is 1. The van der Waals surface area contributed by atoms with Crippen molar-refractivity contribution in [1.82, 2.24) is 9.97 Å². The predicted octanol–water partition coefficient (Wildman–Crippen LogP) is -0.233. The van der Waals surface area contributed by atoms with E-state index >= 15 is 0 Å². The third kappa shape index (κ3) is 11.5. The smallest absolute Gasteiger partial charge is 1.00 e. The van der Waals surface area contributed by atoms with Crippen LogP contribution in [0.15, 0.2) is 12.4 Å². The summed E-state index contributed by atoms with van der Waals surface area (Å²) in [5.74, 6) is -0.323. The fraction of sp³-hybridized carbons (Fsp3) is 0.650. The second-order valence-electron chi connectivity index (χ2n) is 6.92. The minimum atomic E-state index is -0.323. The summed E-state index contributed by atoms with van der Waals surface area (Å²) in [5.41, 5.74) is 0. The average molecular weight is 495 g/mol. The van der Waals surface area contributed by atoms with Crippen molar-refractivity contribution in [2.75, 3.05) is 19.8 Å². The molecule has 3 heterocycles. The van der Waals surface area contributed by atoms with E-state index in [9.17, 15) is 4.79 Å². The van der Waals surface area contributed by atoms with Crippen LogP contribution in [0.3, 0.4) is 0 Å². The topological polar surface area (TPSA) is 100 Å². The number of aliphatic hydroxyl groups excluding tert-OH is 1. The van der Waals surface area contributed by atoms with Crippen molar-refractivity contribution in [2.24, 2.45) is 0 Å². The van der Waals surface area contributed by atoms with Crippen molar-refractivity contribution in [3.8, 4) is 10.4 Å². The van der Waals surface area contributed by atoms with Crippen LogP contribution in [0.2, 0.25) is 0 Å². The molecule has 3 fully saturated rings.